The summed E-state index contributed by atoms with van der Waals surface area (Å²) in [5, 5.41) is 0. The highest BCUT2D eigenvalue weighted by molar-refractivity contribution is 9.10. The first kappa shape index (κ1) is 10.7. The van der Waals surface area contributed by atoms with Gasteiger partial charge in [-0.25, -0.2) is 0 Å². The second kappa shape index (κ2) is 4.83. The van der Waals surface area contributed by atoms with E-state index in [1.54, 1.807) is 23.7 Å². The zero-order valence-corrected chi connectivity index (χ0v) is 10.3. The van der Waals surface area contributed by atoms with E-state index in [1.165, 1.54) is 4.88 Å². The van der Waals surface area contributed by atoms with Gasteiger partial charge < -0.3 is 5.73 Å². The van der Waals surface area contributed by atoms with Gasteiger partial charge in [0.15, 0.2) is 0 Å². The van der Waals surface area contributed by atoms with Crippen LogP contribution in [-0.2, 0) is 6.42 Å². The maximum atomic E-state index is 6.07. The van der Waals surface area contributed by atoms with Crippen molar-refractivity contribution in [3.05, 3.63) is 45.1 Å². The van der Waals surface area contributed by atoms with Crippen molar-refractivity contribution in [3.63, 3.8) is 0 Å². The lowest BCUT2D eigenvalue weighted by Crippen LogP contribution is -2.12. The van der Waals surface area contributed by atoms with Crippen molar-refractivity contribution in [1.82, 2.24) is 9.97 Å². The monoisotopic (exact) mass is 283 g/mol. The Balaban J connectivity index is 2.11. The molecule has 0 fully saturated rings. The fourth-order valence-corrected chi connectivity index (χ4v) is 2.35. The van der Waals surface area contributed by atoms with Crippen molar-refractivity contribution in [3.8, 4) is 0 Å². The van der Waals surface area contributed by atoms with E-state index in [2.05, 4.69) is 25.9 Å². The van der Waals surface area contributed by atoms with E-state index in [1.807, 2.05) is 17.8 Å². The third kappa shape index (κ3) is 2.84. The molecule has 0 saturated carbocycles. The summed E-state index contributed by atoms with van der Waals surface area (Å²) in [6.07, 6.45) is 6.22. The van der Waals surface area contributed by atoms with Gasteiger partial charge in [-0.2, -0.15) is 0 Å². The molecule has 0 radical (unpaired) electrons. The van der Waals surface area contributed by atoms with Gasteiger partial charge in [0.25, 0.3) is 0 Å². The predicted molar refractivity (Wildman–Crippen MR) is 64.7 cm³/mol. The first-order valence-electron chi connectivity index (χ1n) is 4.49. The van der Waals surface area contributed by atoms with Crippen LogP contribution in [0.5, 0.6) is 0 Å². The highest BCUT2D eigenvalue weighted by Crippen LogP contribution is 2.20. The molecule has 2 aromatic rings. The van der Waals surface area contributed by atoms with Crippen molar-refractivity contribution in [2.24, 2.45) is 5.73 Å². The maximum Gasteiger partial charge on any atom is 0.0794 e. The van der Waals surface area contributed by atoms with Crippen LogP contribution in [0.15, 0.2) is 34.6 Å². The van der Waals surface area contributed by atoms with Crippen LogP contribution in [0.3, 0.4) is 0 Å². The molecule has 2 rings (SSSR count). The topological polar surface area (TPSA) is 51.8 Å². The van der Waals surface area contributed by atoms with Gasteiger partial charge in [0.05, 0.1) is 5.51 Å². The molecule has 2 heterocycles. The summed E-state index contributed by atoms with van der Waals surface area (Å²) in [5.41, 5.74) is 8.93. The third-order valence-electron chi connectivity index (χ3n) is 2.06. The van der Waals surface area contributed by atoms with E-state index in [0.29, 0.717) is 0 Å². The van der Waals surface area contributed by atoms with E-state index in [4.69, 9.17) is 5.73 Å². The van der Waals surface area contributed by atoms with Crippen LogP contribution in [0.25, 0.3) is 0 Å². The number of nitrogens with zero attached hydrogens (tertiary/aromatic N) is 2. The Morgan fingerprint density at radius 1 is 1.33 bits per heavy atom. The first-order chi connectivity index (χ1) is 7.25. The van der Waals surface area contributed by atoms with Crippen molar-refractivity contribution in [2.45, 2.75) is 12.5 Å². The Morgan fingerprint density at radius 2 is 2.20 bits per heavy atom. The Morgan fingerprint density at radius 3 is 2.87 bits per heavy atom. The molecule has 78 valence electrons. The quantitative estimate of drug-likeness (QED) is 0.942. The Kier molecular flexibility index (Phi) is 3.45. The summed E-state index contributed by atoms with van der Waals surface area (Å²) in [4.78, 5) is 9.32. The van der Waals surface area contributed by atoms with Crippen LogP contribution in [0.4, 0.5) is 0 Å². The second-order valence-corrected chi connectivity index (χ2v) is 5.10. The van der Waals surface area contributed by atoms with Crippen molar-refractivity contribution in [2.75, 3.05) is 0 Å². The molecule has 0 aliphatic rings. The number of nitrogens with two attached hydrogens (primary N) is 1. The van der Waals surface area contributed by atoms with E-state index in [9.17, 15) is 0 Å². The largest absolute Gasteiger partial charge is 0.324 e. The number of aromatic nitrogens is 2. The zero-order valence-electron chi connectivity index (χ0n) is 7.93. The minimum atomic E-state index is -0.0181. The Hall–Kier alpha value is -0.780. The number of thiazole rings is 1. The molecule has 0 spiro atoms. The predicted octanol–water partition coefficient (Wildman–Crippen LogP) is 2.54. The van der Waals surface area contributed by atoms with Gasteiger partial charge in [-0.3, -0.25) is 9.97 Å². The van der Waals surface area contributed by atoms with Crippen LogP contribution in [0.2, 0.25) is 0 Å². The Bertz CT molecular complexity index is 430. The zero-order chi connectivity index (χ0) is 10.7. The summed E-state index contributed by atoms with van der Waals surface area (Å²) in [7, 11) is 0. The number of halogens is 1. The minimum Gasteiger partial charge on any atom is -0.324 e. The lowest BCUT2D eigenvalue weighted by Gasteiger charge is -2.09. The van der Waals surface area contributed by atoms with Gasteiger partial charge in [-0.05, 0) is 27.6 Å². The lowest BCUT2D eigenvalue weighted by atomic mass is 10.1. The molecule has 1 atom stereocenters. The molecule has 2 aromatic heterocycles. The molecule has 0 aromatic carbocycles. The van der Waals surface area contributed by atoms with Crippen LogP contribution < -0.4 is 5.73 Å². The van der Waals surface area contributed by atoms with Crippen molar-refractivity contribution in [1.29, 1.82) is 0 Å². The van der Waals surface area contributed by atoms with E-state index < -0.39 is 0 Å². The highest BCUT2D eigenvalue weighted by atomic mass is 79.9. The van der Waals surface area contributed by atoms with Crippen LogP contribution >= 0.6 is 27.3 Å². The second-order valence-electron chi connectivity index (χ2n) is 3.21. The third-order valence-corrected chi connectivity index (χ3v) is 3.29. The summed E-state index contributed by atoms with van der Waals surface area (Å²) >= 11 is 5.01. The molecule has 0 aliphatic heterocycles. The standard InChI is InChI=1S/C10H10BrN3S/c11-8-1-7(3-13-4-8)10(12)2-9-5-14-6-15-9/h1,3-6,10H,2,12H2. The molecule has 1 unspecified atom stereocenters. The van der Waals surface area contributed by atoms with Gasteiger partial charge in [0.2, 0.25) is 0 Å². The molecular formula is C10H10BrN3S. The number of rotatable bonds is 3. The van der Waals surface area contributed by atoms with Crippen molar-refractivity contribution >= 4 is 27.3 Å². The molecular weight excluding hydrogens is 274 g/mol. The molecule has 0 bridgehead atoms. The van der Waals surface area contributed by atoms with Gasteiger partial charge >= 0.3 is 0 Å². The normalized spacial score (nSPS) is 12.7. The van der Waals surface area contributed by atoms with E-state index in [0.717, 1.165) is 16.5 Å². The van der Waals surface area contributed by atoms with Gasteiger partial charge in [-0.1, -0.05) is 0 Å². The molecule has 0 aliphatic carbocycles. The SMILES string of the molecule is NC(Cc1cncs1)c1cncc(Br)c1. The molecule has 5 heteroatoms. The van der Waals surface area contributed by atoms with Gasteiger partial charge in [0.1, 0.15) is 0 Å². The molecule has 3 nitrogen and oxygen atoms in total. The fourth-order valence-electron chi connectivity index (χ4n) is 1.31. The maximum absolute atomic E-state index is 6.07. The number of hydrogen-bond acceptors (Lipinski definition) is 4. The highest BCUT2D eigenvalue weighted by Gasteiger charge is 2.08. The molecule has 0 amide bonds. The molecule has 0 saturated heterocycles. The fraction of sp³-hybridized carbons (Fsp3) is 0.200. The molecule has 15 heavy (non-hydrogen) atoms. The van der Waals surface area contributed by atoms with E-state index >= 15 is 0 Å². The summed E-state index contributed by atoms with van der Waals surface area (Å²) < 4.78 is 0.958. The first-order valence-corrected chi connectivity index (χ1v) is 6.16. The van der Waals surface area contributed by atoms with Crippen LogP contribution in [-0.4, -0.2) is 9.97 Å². The van der Waals surface area contributed by atoms with Gasteiger partial charge in [-0.15, -0.1) is 11.3 Å². The number of pyridine rings is 1. The lowest BCUT2D eigenvalue weighted by molar-refractivity contribution is 0.724. The minimum absolute atomic E-state index is 0.0181. The average molecular weight is 284 g/mol. The summed E-state index contributed by atoms with van der Waals surface area (Å²) in [6, 6.07) is 1.98. The van der Waals surface area contributed by atoms with Crippen LogP contribution in [0, 0.1) is 0 Å². The molecule has 2 N–H and O–H groups in total. The van der Waals surface area contributed by atoms with E-state index in [-0.39, 0.29) is 6.04 Å². The van der Waals surface area contributed by atoms with Gasteiger partial charge in [0, 0.05) is 40.4 Å². The van der Waals surface area contributed by atoms with Crippen LogP contribution in [0.1, 0.15) is 16.5 Å². The smallest absolute Gasteiger partial charge is 0.0794 e. The van der Waals surface area contributed by atoms with Crippen molar-refractivity contribution < 1.29 is 0 Å². The average Bonchev–Trinajstić information content (AvgIpc) is 2.70. The number of hydrogen-bond donors (Lipinski definition) is 1. The Labute approximate surface area is 101 Å². The summed E-state index contributed by atoms with van der Waals surface area (Å²) in [5.74, 6) is 0. The summed E-state index contributed by atoms with van der Waals surface area (Å²) in [6.45, 7) is 0.